The third kappa shape index (κ3) is 4.20. The number of carbonyl (C=O) groups is 3. The molecule has 1 saturated heterocycles. The maximum Gasteiger partial charge on any atom is 0.333 e. The number of hydroxylamine groups is 2. The largest absolute Gasteiger partial charge is 0.358 e. The molecule has 0 aromatic heterocycles. The van der Waals surface area contributed by atoms with Gasteiger partial charge in [-0.25, -0.2) is 4.79 Å². The van der Waals surface area contributed by atoms with Gasteiger partial charge in [-0.1, -0.05) is 0 Å². The molecule has 0 radical (unpaired) electrons. The molecule has 0 N–H and O–H groups in total. The second kappa shape index (κ2) is 7.08. The van der Waals surface area contributed by atoms with Gasteiger partial charge < -0.3 is 14.5 Å². The van der Waals surface area contributed by atoms with Crippen molar-refractivity contribution < 1.29 is 24.0 Å². The van der Waals surface area contributed by atoms with Crippen molar-refractivity contribution in [2.75, 3.05) is 20.7 Å². The summed E-state index contributed by atoms with van der Waals surface area (Å²) in [7, 11) is 3.11. The molecule has 1 rings (SSSR count). The van der Waals surface area contributed by atoms with Crippen molar-refractivity contribution in [3.8, 4) is 0 Å². The van der Waals surface area contributed by atoms with Crippen LogP contribution in [0.15, 0.2) is 0 Å². The summed E-state index contributed by atoms with van der Waals surface area (Å²) < 4.78 is 5.03. The zero-order valence-corrected chi connectivity index (χ0v) is 11.5. The Kier molecular flexibility index (Phi) is 5.75. The fourth-order valence-electron chi connectivity index (χ4n) is 1.69. The van der Waals surface area contributed by atoms with Gasteiger partial charge in [-0.2, -0.15) is 0 Å². The molecule has 19 heavy (non-hydrogen) atoms. The van der Waals surface area contributed by atoms with Crippen LogP contribution < -0.4 is 0 Å². The molecular weight excluding hydrogens is 252 g/mol. The molecule has 1 atom stereocenters. The maximum absolute atomic E-state index is 11.6. The van der Waals surface area contributed by atoms with Gasteiger partial charge in [0.15, 0.2) is 6.23 Å². The molecule has 0 bridgehead atoms. The first-order valence-corrected chi connectivity index (χ1v) is 6.29. The Morgan fingerprint density at radius 3 is 2.68 bits per heavy atom. The summed E-state index contributed by atoms with van der Waals surface area (Å²) in [5.41, 5.74) is 0. The summed E-state index contributed by atoms with van der Waals surface area (Å²) in [6, 6.07) is 0. The highest BCUT2D eigenvalue weighted by Crippen LogP contribution is 2.19. The van der Waals surface area contributed by atoms with Crippen LogP contribution in [0.1, 0.15) is 32.6 Å². The van der Waals surface area contributed by atoms with Crippen molar-refractivity contribution in [1.82, 2.24) is 9.96 Å². The van der Waals surface area contributed by atoms with Crippen LogP contribution in [-0.4, -0.2) is 54.7 Å². The molecular formula is C12H20N2O5. The van der Waals surface area contributed by atoms with Crippen LogP contribution in [0.4, 0.5) is 0 Å². The number of hydrogen-bond acceptors (Lipinski definition) is 5. The fourth-order valence-corrected chi connectivity index (χ4v) is 1.69. The van der Waals surface area contributed by atoms with Crippen LogP contribution in [0.2, 0.25) is 0 Å². The van der Waals surface area contributed by atoms with E-state index in [1.165, 1.54) is 12.0 Å². The molecule has 1 fully saturated rings. The predicted molar refractivity (Wildman–Crippen MR) is 65.5 cm³/mol. The van der Waals surface area contributed by atoms with E-state index in [0.29, 0.717) is 19.4 Å². The minimum Gasteiger partial charge on any atom is -0.358 e. The summed E-state index contributed by atoms with van der Waals surface area (Å²) >= 11 is 0. The van der Waals surface area contributed by atoms with E-state index in [1.54, 1.807) is 7.05 Å². The van der Waals surface area contributed by atoms with Crippen LogP contribution in [0.25, 0.3) is 0 Å². The molecule has 0 aromatic carbocycles. The Hall–Kier alpha value is -1.63. The number of methoxy groups -OCH3 is 1. The first-order chi connectivity index (χ1) is 8.99. The van der Waals surface area contributed by atoms with E-state index in [-0.39, 0.29) is 24.7 Å². The van der Waals surface area contributed by atoms with Gasteiger partial charge in [0.05, 0.1) is 6.42 Å². The van der Waals surface area contributed by atoms with Crippen molar-refractivity contribution >= 4 is 17.8 Å². The van der Waals surface area contributed by atoms with Crippen molar-refractivity contribution in [2.45, 2.75) is 38.8 Å². The summed E-state index contributed by atoms with van der Waals surface area (Å²) in [5, 5.41) is 0.955. The van der Waals surface area contributed by atoms with Crippen LogP contribution in [-0.2, 0) is 24.0 Å². The van der Waals surface area contributed by atoms with Crippen LogP contribution in [0, 0.1) is 0 Å². The van der Waals surface area contributed by atoms with E-state index in [0.717, 1.165) is 5.06 Å². The molecule has 1 aliphatic rings. The van der Waals surface area contributed by atoms with E-state index in [2.05, 4.69) is 0 Å². The summed E-state index contributed by atoms with van der Waals surface area (Å²) in [4.78, 5) is 41.0. The van der Waals surface area contributed by atoms with Gasteiger partial charge in [-0.15, -0.1) is 5.06 Å². The van der Waals surface area contributed by atoms with Crippen LogP contribution in [0.5, 0.6) is 0 Å². The standard InChI is InChI=1S/C12H20N2O5/c1-4-13(2)9(15)6-8-12(17)19-14-10(16)5-7-11(14)18-3/h11H,4-8H2,1-3H3. The molecule has 0 aliphatic carbocycles. The van der Waals surface area contributed by atoms with Crippen molar-refractivity contribution in [1.29, 1.82) is 0 Å². The molecule has 1 unspecified atom stereocenters. The second-order valence-electron chi connectivity index (χ2n) is 4.32. The third-order valence-electron chi connectivity index (χ3n) is 3.03. The van der Waals surface area contributed by atoms with E-state index in [1.807, 2.05) is 6.92 Å². The summed E-state index contributed by atoms with van der Waals surface area (Å²) in [6.07, 6.45) is 0.292. The Labute approximate surface area is 112 Å². The molecule has 0 aromatic rings. The highest BCUT2D eigenvalue weighted by molar-refractivity contribution is 5.83. The number of hydrogen-bond donors (Lipinski definition) is 0. The lowest BCUT2D eigenvalue weighted by Gasteiger charge is -2.21. The molecule has 7 heteroatoms. The summed E-state index contributed by atoms with van der Waals surface area (Å²) in [6.45, 7) is 2.44. The fraction of sp³-hybridized carbons (Fsp3) is 0.750. The number of ether oxygens (including phenoxy) is 1. The number of rotatable bonds is 6. The predicted octanol–water partition coefficient (Wildman–Crippen LogP) is 0.298. The minimum absolute atomic E-state index is 0.0522. The first kappa shape index (κ1) is 15.4. The van der Waals surface area contributed by atoms with Gasteiger partial charge in [-0.3, -0.25) is 9.59 Å². The molecule has 108 valence electrons. The van der Waals surface area contributed by atoms with E-state index in [9.17, 15) is 14.4 Å². The van der Waals surface area contributed by atoms with Crippen molar-refractivity contribution in [3.05, 3.63) is 0 Å². The Morgan fingerprint density at radius 1 is 1.42 bits per heavy atom. The van der Waals surface area contributed by atoms with Crippen LogP contribution >= 0.6 is 0 Å². The molecule has 1 aliphatic heterocycles. The second-order valence-corrected chi connectivity index (χ2v) is 4.32. The number of nitrogens with zero attached hydrogens (tertiary/aromatic N) is 2. The quantitative estimate of drug-likeness (QED) is 0.695. The van der Waals surface area contributed by atoms with Gasteiger partial charge >= 0.3 is 5.97 Å². The highest BCUT2D eigenvalue weighted by atomic mass is 16.7. The third-order valence-corrected chi connectivity index (χ3v) is 3.03. The van der Waals surface area contributed by atoms with Gasteiger partial charge in [0, 0.05) is 40.0 Å². The van der Waals surface area contributed by atoms with Crippen molar-refractivity contribution in [2.24, 2.45) is 0 Å². The Morgan fingerprint density at radius 2 is 2.11 bits per heavy atom. The molecule has 2 amide bonds. The average molecular weight is 272 g/mol. The van der Waals surface area contributed by atoms with Crippen LogP contribution in [0.3, 0.4) is 0 Å². The molecule has 0 spiro atoms. The number of amides is 2. The van der Waals surface area contributed by atoms with Gasteiger partial charge in [0.25, 0.3) is 5.91 Å². The highest BCUT2D eigenvalue weighted by Gasteiger charge is 2.34. The number of carbonyl (C=O) groups excluding carboxylic acids is 3. The van der Waals surface area contributed by atoms with E-state index < -0.39 is 12.2 Å². The summed E-state index contributed by atoms with van der Waals surface area (Å²) in [5.74, 6) is -1.01. The van der Waals surface area contributed by atoms with Gasteiger partial charge in [-0.05, 0) is 6.92 Å². The van der Waals surface area contributed by atoms with E-state index in [4.69, 9.17) is 9.57 Å². The maximum atomic E-state index is 11.6. The SMILES string of the molecule is CCN(C)C(=O)CCC(=O)ON1C(=O)CCC1OC. The lowest BCUT2D eigenvalue weighted by molar-refractivity contribution is -0.224. The van der Waals surface area contributed by atoms with Gasteiger partial charge in [0.2, 0.25) is 5.91 Å². The lowest BCUT2D eigenvalue weighted by Crippen LogP contribution is -2.36. The monoisotopic (exact) mass is 272 g/mol. The molecule has 0 saturated carbocycles. The lowest BCUT2D eigenvalue weighted by atomic mass is 10.3. The first-order valence-electron chi connectivity index (χ1n) is 6.29. The van der Waals surface area contributed by atoms with Gasteiger partial charge in [0.1, 0.15) is 0 Å². The smallest absolute Gasteiger partial charge is 0.333 e. The van der Waals surface area contributed by atoms with E-state index >= 15 is 0 Å². The van der Waals surface area contributed by atoms with Crippen molar-refractivity contribution in [3.63, 3.8) is 0 Å². The molecule has 7 nitrogen and oxygen atoms in total. The Bertz CT molecular complexity index is 358. The average Bonchev–Trinajstić information content (AvgIpc) is 2.76. The minimum atomic E-state index is -0.602. The normalized spacial score (nSPS) is 18.6. The molecule has 1 heterocycles. The topological polar surface area (TPSA) is 76.2 Å². The zero-order valence-electron chi connectivity index (χ0n) is 11.5. The zero-order chi connectivity index (χ0) is 14.4. The Balaban J connectivity index is 2.39.